The first-order valence-corrected chi connectivity index (χ1v) is 9.25. The summed E-state index contributed by atoms with van der Waals surface area (Å²) in [6, 6.07) is 1.96. The summed E-state index contributed by atoms with van der Waals surface area (Å²) in [7, 11) is 1.33. The molecule has 2 rings (SSSR count). The Bertz CT molecular complexity index is 816. The summed E-state index contributed by atoms with van der Waals surface area (Å²) in [6.45, 7) is 10.2. The fourth-order valence-corrected chi connectivity index (χ4v) is 2.93. The van der Waals surface area contributed by atoms with Crippen molar-refractivity contribution in [1.29, 1.82) is 0 Å². The predicted octanol–water partition coefficient (Wildman–Crippen LogP) is 3.88. The fraction of sp³-hybridized carbons (Fsp3) is 0.550. The number of carbonyl (C=O) groups is 2. The number of hydrogen-bond acceptors (Lipinski definition) is 6. The zero-order valence-corrected chi connectivity index (χ0v) is 17.0. The summed E-state index contributed by atoms with van der Waals surface area (Å²) in [6.07, 6.45) is 4.63. The highest BCUT2D eigenvalue weighted by Gasteiger charge is 2.24. The van der Waals surface area contributed by atoms with E-state index in [0.717, 1.165) is 18.4 Å². The van der Waals surface area contributed by atoms with Gasteiger partial charge in [0.15, 0.2) is 5.65 Å². The molecule has 0 spiro atoms. The van der Waals surface area contributed by atoms with Crippen LogP contribution < -0.4 is 5.32 Å². The normalized spacial score (nSPS) is 11.8. The molecule has 0 amide bonds. The number of carbonyl (C=O) groups excluding carboxylic acids is 2. The van der Waals surface area contributed by atoms with Crippen molar-refractivity contribution in [3.63, 3.8) is 0 Å². The van der Waals surface area contributed by atoms with Crippen LogP contribution >= 0.6 is 0 Å². The van der Waals surface area contributed by atoms with E-state index in [-0.39, 0.29) is 0 Å². The van der Waals surface area contributed by atoms with Gasteiger partial charge in [0, 0.05) is 30.4 Å². The predicted molar refractivity (Wildman–Crippen MR) is 104 cm³/mol. The summed E-state index contributed by atoms with van der Waals surface area (Å²) in [5, 5.41) is 4.07. The topological polar surface area (TPSA) is 82.5 Å². The van der Waals surface area contributed by atoms with Crippen molar-refractivity contribution in [3.8, 4) is 0 Å². The van der Waals surface area contributed by atoms with Crippen molar-refractivity contribution in [2.24, 2.45) is 0 Å². The standard InChI is InChI=1S/C20H29N3O4/c1-7-14(8-2)22-11-13-12-23(19(25)27-20(3,4)5)17-16(13)15(9-10-21-17)18(24)26-6/h9-10,12,14,22H,7-8,11H2,1-6H3. The van der Waals surface area contributed by atoms with Gasteiger partial charge >= 0.3 is 12.1 Å². The maximum Gasteiger partial charge on any atom is 0.420 e. The summed E-state index contributed by atoms with van der Waals surface area (Å²) >= 11 is 0. The molecule has 0 aliphatic carbocycles. The molecule has 0 saturated heterocycles. The monoisotopic (exact) mass is 375 g/mol. The van der Waals surface area contributed by atoms with Gasteiger partial charge < -0.3 is 14.8 Å². The van der Waals surface area contributed by atoms with E-state index < -0.39 is 17.7 Å². The third-order valence-corrected chi connectivity index (χ3v) is 4.33. The molecule has 0 unspecified atom stereocenters. The van der Waals surface area contributed by atoms with Crippen LogP contribution in [0.25, 0.3) is 11.0 Å². The molecule has 0 bridgehead atoms. The number of ether oxygens (including phenoxy) is 2. The van der Waals surface area contributed by atoms with Gasteiger partial charge in [-0.1, -0.05) is 13.8 Å². The van der Waals surface area contributed by atoms with Gasteiger partial charge in [0.2, 0.25) is 0 Å². The number of nitrogens with zero attached hydrogens (tertiary/aromatic N) is 2. The van der Waals surface area contributed by atoms with Crippen LogP contribution in [0.2, 0.25) is 0 Å². The molecule has 148 valence electrons. The Morgan fingerprint density at radius 2 is 1.93 bits per heavy atom. The number of methoxy groups -OCH3 is 1. The Labute approximate surface area is 160 Å². The number of fused-ring (bicyclic) bond motifs is 1. The van der Waals surface area contributed by atoms with E-state index in [9.17, 15) is 9.59 Å². The number of hydrogen-bond donors (Lipinski definition) is 1. The van der Waals surface area contributed by atoms with E-state index in [2.05, 4.69) is 24.1 Å². The molecule has 7 nitrogen and oxygen atoms in total. The molecule has 0 aromatic carbocycles. The minimum absolute atomic E-state index is 0.350. The Balaban J connectivity index is 2.55. The Morgan fingerprint density at radius 1 is 1.26 bits per heavy atom. The largest absolute Gasteiger partial charge is 0.465 e. The highest BCUT2D eigenvalue weighted by molar-refractivity contribution is 6.05. The third kappa shape index (κ3) is 4.86. The average molecular weight is 375 g/mol. The third-order valence-electron chi connectivity index (χ3n) is 4.33. The van der Waals surface area contributed by atoms with Crippen molar-refractivity contribution in [1.82, 2.24) is 14.9 Å². The van der Waals surface area contributed by atoms with Crippen molar-refractivity contribution in [3.05, 3.63) is 29.6 Å². The fourth-order valence-electron chi connectivity index (χ4n) is 2.93. The van der Waals surface area contributed by atoms with Crippen LogP contribution in [0.4, 0.5) is 4.79 Å². The molecule has 1 N–H and O–H groups in total. The van der Waals surface area contributed by atoms with E-state index in [1.807, 2.05) is 0 Å². The SMILES string of the molecule is CCC(CC)NCc1cn(C(=O)OC(C)(C)C)c2nccc(C(=O)OC)c12. The molecule has 0 saturated carbocycles. The van der Waals surface area contributed by atoms with Crippen molar-refractivity contribution >= 4 is 23.1 Å². The number of pyridine rings is 1. The van der Waals surface area contributed by atoms with Gasteiger partial charge in [0.05, 0.1) is 12.7 Å². The van der Waals surface area contributed by atoms with Crippen LogP contribution in [0.15, 0.2) is 18.5 Å². The maximum atomic E-state index is 12.7. The lowest BCUT2D eigenvalue weighted by Gasteiger charge is -2.19. The van der Waals surface area contributed by atoms with E-state index in [0.29, 0.717) is 29.2 Å². The molecule has 0 aliphatic rings. The second kappa shape index (κ2) is 8.52. The molecule has 7 heteroatoms. The molecule has 27 heavy (non-hydrogen) atoms. The molecule has 2 aromatic rings. The Kier molecular flexibility index (Phi) is 6.59. The summed E-state index contributed by atoms with van der Waals surface area (Å²) in [5.41, 5.74) is 0.928. The molecule has 2 heterocycles. The lowest BCUT2D eigenvalue weighted by atomic mass is 10.1. The summed E-state index contributed by atoms with van der Waals surface area (Å²) in [4.78, 5) is 29.2. The molecule has 0 atom stereocenters. The second-order valence-electron chi connectivity index (χ2n) is 7.45. The minimum atomic E-state index is -0.637. The van der Waals surface area contributed by atoms with E-state index in [1.165, 1.54) is 17.9 Å². The van der Waals surface area contributed by atoms with Crippen LogP contribution in [0.5, 0.6) is 0 Å². The highest BCUT2D eigenvalue weighted by Crippen LogP contribution is 2.25. The van der Waals surface area contributed by atoms with Crippen molar-refractivity contribution in [2.45, 2.75) is 65.6 Å². The first-order chi connectivity index (χ1) is 12.7. The van der Waals surface area contributed by atoms with E-state index >= 15 is 0 Å². The van der Waals surface area contributed by atoms with E-state index in [4.69, 9.17) is 9.47 Å². The summed E-state index contributed by atoms with van der Waals surface area (Å²) in [5.74, 6) is -0.465. The zero-order chi connectivity index (χ0) is 20.2. The van der Waals surface area contributed by atoms with Crippen LogP contribution in [0.1, 0.15) is 63.4 Å². The van der Waals surface area contributed by atoms with Crippen molar-refractivity contribution < 1.29 is 19.1 Å². The smallest absolute Gasteiger partial charge is 0.420 e. The quantitative estimate of drug-likeness (QED) is 0.772. The highest BCUT2D eigenvalue weighted by atomic mass is 16.6. The molecule has 0 fully saturated rings. The Hall–Kier alpha value is -2.41. The summed E-state index contributed by atoms with van der Waals surface area (Å²) < 4.78 is 11.8. The van der Waals surface area contributed by atoms with Gasteiger partial charge in [0.25, 0.3) is 0 Å². The Morgan fingerprint density at radius 3 is 2.48 bits per heavy atom. The molecule has 0 radical (unpaired) electrons. The molecular weight excluding hydrogens is 346 g/mol. The van der Waals surface area contributed by atoms with Crippen LogP contribution in [0.3, 0.4) is 0 Å². The zero-order valence-electron chi connectivity index (χ0n) is 17.0. The second-order valence-corrected chi connectivity index (χ2v) is 7.45. The lowest BCUT2D eigenvalue weighted by molar-refractivity contribution is 0.0541. The molecule has 2 aromatic heterocycles. The van der Waals surface area contributed by atoms with Gasteiger partial charge in [-0.25, -0.2) is 19.1 Å². The van der Waals surface area contributed by atoms with E-state index in [1.54, 1.807) is 33.0 Å². The molecular formula is C20H29N3O4. The average Bonchev–Trinajstić information content (AvgIpc) is 2.99. The van der Waals surface area contributed by atoms with Crippen LogP contribution in [-0.2, 0) is 16.0 Å². The van der Waals surface area contributed by atoms with Crippen LogP contribution in [-0.4, -0.2) is 40.4 Å². The van der Waals surface area contributed by atoms with Gasteiger partial charge in [-0.15, -0.1) is 0 Å². The first kappa shape index (κ1) is 20.9. The first-order valence-electron chi connectivity index (χ1n) is 9.25. The van der Waals surface area contributed by atoms with Crippen LogP contribution in [0, 0.1) is 0 Å². The van der Waals surface area contributed by atoms with Gasteiger partial charge in [-0.2, -0.15) is 0 Å². The number of esters is 1. The van der Waals surface area contributed by atoms with Gasteiger partial charge in [-0.05, 0) is 45.2 Å². The van der Waals surface area contributed by atoms with Gasteiger partial charge in [0.1, 0.15) is 5.60 Å². The number of rotatable bonds is 6. The van der Waals surface area contributed by atoms with Gasteiger partial charge in [-0.3, -0.25) is 0 Å². The minimum Gasteiger partial charge on any atom is -0.465 e. The van der Waals surface area contributed by atoms with Crippen molar-refractivity contribution in [2.75, 3.05) is 7.11 Å². The number of nitrogens with one attached hydrogen (secondary N) is 1. The number of aromatic nitrogens is 2. The molecule has 0 aliphatic heterocycles. The maximum absolute atomic E-state index is 12.7. The lowest BCUT2D eigenvalue weighted by Crippen LogP contribution is -2.27.